The van der Waals surface area contributed by atoms with Crippen molar-refractivity contribution in [2.24, 2.45) is 5.41 Å². The van der Waals surface area contributed by atoms with Crippen molar-refractivity contribution in [3.63, 3.8) is 0 Å². The third-order valence-corrected chi connectivity index (χ3v) is 4.48. The molecule has 0 aliphatic heterocycles. The molecule has 5 nitrogen and oxygen atoms in total. The number of carboxylic acids is 1. The number of carbonyl (C=O) groups excluding carboxylic acids is 1. The van der Waals surface area contributed by atoms with E-state index in [0.29, 0.717) is 13.0 Å². The van der Waals surface area contributed by atoms with Crippen molar-refractivity contribution in [3.05, 3.63) is 22.4 Å². The van der Waals surface area contributed by atoms with Gasteiger partial charge in [-0.3, -0.25) is 4.79 Å². The van der Waals surface area contributed by atoms with Crippen LogP contribution in [-0.2, 0) is 4.79 Å². The summed E-state index contributed by atoms with van der Waals surface area (Å²) in [5.41, 5.74) is -0.0922. The normalized spacial score (nSPS) is 12.7. The molecule has 6 heteroatoms. The average Bonchev–Trinajstić information content (AvgIpc) is 2.90. The number of aliphatic carboxylic acids is 1. The maximum atomic E-state index is 11.8. The van der Waals surface area contributed by atoms with E-state index >= 15 is 0 Å². The van der Waals surface area contributed by atoms with E-state index in [0.717, 1.165) is 11.3 Å². The zero-order chi connectivity index (χ0) is 15.9. The molecule has 0 aliphatic rings. The molecule has 0 radical (unpaired) electrons. The van der Waals surface area contributed by atoms with Crippen molar-refractivity contribution >= 4 is 23.3 Å². The van der Waals surface area contributed by atoms with Crippen LogP contribution in [0.25, 0.3) is 0 Å². The summed E-state index contributed by atoms with van der Waals surface area (Å²) in [7, 11) is 0. The van der Waals surface area contributed by atoms with E-state index in [1.54, 1.807) is 11.3 Å². The van der Waals surface area contributed by atoms with Crippen LogP contribution in [0.2, 0.25) is 0 Å². The summed E-state index contributed by atoms with van der Waals surface area (Å²) in [6, 6.07) is 3.75. The van der Waals surface area contributed by atoms with Crippen LogP contribution in [0.15, 0.2) is 17.5 Å². The first kappa shape index (κ1) is 17.5. The molecule has 1 aromatic heterocycles. The van der Waals surface area contributed by atoms with Crippen molar-refractivity contribution in [1.29, 1.82) is 0 Å². The van der Waals surface area contributed by atoms with Gasteiger partial charge in [0.15, 0.2) is 0 Å². The van der Waals surface area contributed by atoms with Crippen LogP contribution in [0.1, 0.15) is 51.0 Å². The Labute approximate surface area is 129 Å². The molecule has 1 aromatic rings. The highest BCUT2D eigenvalue weighted by atomic mass is 32.1. The molecule has 118 valence electrons. The highest BCUT2D eigenvalue weighted by molar-refractivity contribution is 7.10. The molecule has 0 spiro atoms. The van der Waals surface area contributed by atoms with Crippen molar-refractivity contribution in [3.8, 4) is 0 Å². The van der Waals surface area contributed by atoms with Gasteiger partial charge in [0.1, 0.15) is 0 Å². The molecule has 1 heterocycles. The SMILES string of the molecule is CC(NC(=O)NCCC(C)(C)CCC(=O)O)c1cccs1. The quantitative estimate of drug-likeness (QED) is 0.688. The van der Waals surface area contributed by atoms with Gasteiger partial charge in [-0.1, -0.05) is 19.9 Å². The molecule has 1 rings (SSSR count). The van der Waals surface area contributed by atoms with E-state index in [-0.39, 0.29) is 23.9 Å². The van der Waals surface area contributed by atoms with Gasteiger partial charge in [0.2, 0.25) is 0 Å². The van der Waals surface area contributed by atoms with Gasteiger partial charge in [-0.2, -0.15) is 0 Å². The Morgan fingerprint density at radius 1 is 1.38 bits per heavy atom. The van der Waals surface area contributed by atoms with Gasteiger partial charge in [-0.05, 0) is 36.6 Å². The maximum absolute atomic E-state index is 11.8. The fourth-order valence-corrected chi connectivity index (χ4v) is 2.68. The molecule has 0 aliphatic carbocycles. The second-order valence-corrected chi connectivity index (χ2v) is 6.92. The zero-order valence-corrected chi connectivity index (χ0v) is 13.6. The van der Waals surface area contributed by atoms with Gasteiger partial charge in [0.05, 0.1) is 6.04 Å². The topological polar surface area (TPSA) is 78.4 Å². The van der Waals surface area contributed by atoms with Crippen molar-refractivity contribution < 1.29 is 14.7 Å². The highest BCUT2D eigenvalue weighted by Gasteiger charge is 2.19. The summed E-state index contributed by atoms with van der Waals surface area (Å²) >= 11 is 1.61. The van der Waals surface area contributed by atoms with E-state index in [1.165, 1.54) is 0 Å². The number of carbonyl (C=O) groups is 2. The van der Waals surface area contributed by atoms with E-state index in [1.807, 2.05) is 38.3 Å². The van der Waals surface area contributed by atoms with Gasteiger partial charge < -0.3 is 15.7 Å². The Kier molecular flexibility index (Phi) is 6.68. The maximum Gasteiger partial charge on any atom is 0.315 e. The van der Waals surface area contributed by atoms with Crippen LogP contribution < -0.4 is 10.6 Å². The Bertz CT molecular complexity index is 457. The summed E-state index contributed by atoms with van der Waals surface area (Å²) < 4.78 is 0. The largest absolute Gasteiger partial charge is 0.481 e. The van der Waals surface area contributed by atoms with E-state index in [9.17, 15) is 9.59 Å². The minimum atomic E-state index is -0.779. The summed E-state index contributed by atoms with van der Waals surface area (Å²) in [5, 5.41) is 16.4. The molecule has 2 amide bonds. The van der Waals surface area contributed by atoms with E-state index in [4.69, 9.17) is 5.11 Å². The van der Waals surface area contributed by atoms with Crippen LogP contribution in [-0.4, -0.2) is 23.7 Å². The van der Waals surface area contributed by atoms with Gasteiger partial charge in [-0.15, -0.1) is 11.3 Å². The summed E-state index contributed by atoms with van der Waals surface area (Å²) in [4.78, 5) is 23.5. The Balaban J connectivity index is 2.25. The molecule has 0 bridgehead atoms. The fraction of sp³-hybridized carbons (Fsp3) is 0.600. The molecular weight excluding hydrogens is 288 g/mol. The minimum Gasteiger partial charge on any atom is -0.481 e. The lowest BCUT2D eigenvalue weighted by molar-refractivity contribution is -0.137. The molecule has 1 atom stereocenters. The number of urea groups is 1. The van der Waals surface area contributed by atoms with Gasteiger partial charge in [0, 0.05) is 17.8 Å². The second-order valence-electron chi connectivity index (χ2n) is 5.95. The molecule has 3 N–H and O–H groups in total. The van der Waals surface area contributed by atoms with Crippen LogP contribution in [0, 0.1) is 5.41 Å². The lowest BCUT2D eigenvalue weighted by Crippen LogP contribution is -2.38. The predicted octanol–water partition coefficient (Wildman–Crippen LogP) is 3.39. The molecular formula is C15H24N2O3S. The lowest BCUT2D eigenvalue weighted by Gasteiger charge is -2.24. The molecule has 0 aromatic carbocycles. The zero-order valence-electron chi connectivity index (χ0n) is 12.8. The third-order valence-electron chi connectivity index (χ3n) is 3.42. The predicted molar refractivity (Wildman–Crippen MR) is 84.5 cm³/mol. The Hall–Kier alpha value is -1.56. The first-order chi connectivity index (χ1) is 9.80. The summed E-state index contributed by atoms with van der Waals surface area (Å²) in [5.74, 6) is -0.779. The molecule has 0 fully saturated rings. The van der Waals surface area contributed by atoms with Gasteiger partial charge in [0.25, 0.3) is 0 Å². The van der Waals surface area contributed by atoms with Crippen LogP contribution in [0.4, 0.5) is 4.79 Å². The van der Waals surface area contributed by atoms with E-state index in [2.05, 4.69) is 10.6 Å². The standard InChI is InChI=1S/C15H24N2O3S/c1-11(12-5-4-10-21-12)17-14(20)16-9-8-15(2,3)7-6-13(18)19/h4-5,10-11H,6-9H2,1-3H3,(H,18,19)(H2,16,17,20). The Morgan fingerprint density at radius 3 is 2.67 bits per heavy atom. The smallest absolute Gasteiger partial charge is 0.315 e. The number of hydrogen-bond acceptors (Lipinski definition) is 3. The molecule has 1 unspecified atom stereocenters. The van der Waals surface area contributed by atoms with Crippen molar-refractivity contribution in [2.75, 3.05) is 6.54 Å². The first-order valence-corrected chi connectivity index (χ1v) is 7.98. The number of amides is 2. The molecule has 21 heavy (non-hydrogen) atoms. The van der Waals surface area contributed by atoms with Gasteiger partial charge in [-0.25, -0.2) is 4.79 Å². The lowest BCUT2D eigenvalue weighted by atomic mass is 9.84. The van der Waals surface area contributed by atoms with Crippen LogP contribution in [0.3, 0.4) is 0 Å². The third kappa shape index (κ3) is 7.13. The van der Waals surface area contributed by atoms with Crippen LogP contribution in [0.5, 0.6) is 0 Å². The average molecular weight is 312 g/mol. The van der Waals surface area contributed by atoms with Gasteiger partial charge >= 0.3 is 12.0 Å². The fourth-order valence-electron chi connectivity index (χ4n) is 1.94. The number of rotatable bonds is 8. The molecule has 0 saturated carbocycles. The monoisotopic (exact) mass is 312 g/mol. The van der Waals surface area contributed by atoms with Crippen LogP contribution >= 0.6 is 11.3 Å². The summed E-state index contributed by atoms with van der Waals surface area (Å²) in [6.07, 6.45) is 1.52. The van der Waals surface area contributed by atoms with E-state index < -0.39 is 5.97 Å². The van der Waals surface area contributed by atoms with Crippen molar-refractivity contribution in [1.82, 2.24) is 10.6 Å². The highest BCUT2D eigenvalue weighted by Crippen LogP contribution is 2.26. The second kappa shape index (κ2) is 8.02. The number of hydrogen-bond donors (Lipinski definition) is 3. The summed E-state index contributed by atoms with van der Waals surface area (Å²) in [6.45, 7) is 6.52. The first-order valence-electron chi connectivity index (χ1n) is 7.10. The Morgan fingerprint density at radius 2 is 2.10 bits per heavy atom. The number of thiophene rings is 1. The van der Waals surface area contributed by atoms with Crippen molar-refractivity contribution in [2.45, 2.75) is 46.1 Å². The number of carboxylic acid groups (broad SMARTS) is 1. The minimum absolute atomic E-state index is 0.00924. The number of nitrogens with one attached hydrogen (secondary N) is 2. The molecule has 0 saturated heterocycles.